The molecular weight excluding hydrogens is 269 g/mol. The van der Waals surface area contributed by atoms with Crippen LogP contribution in [0.5, 0.6) is 0 Å². The van der Waals surface area contributed by atoms with Gasteiger partial charge < -0.3 is 9.69 Å². The molecule has 0 aliphatic carbocycles. The number of carbonyl (C=O) groups excluding carboxylic acids is 1. The number of hydrogen-bond acceptors (Lipinski definition) is 4. The molecule has 0 bridgehead atoms. The highest BCUT2D eigenvalue weighted by molar-refractivity contribution is 5.54. The number of anilines is 1. The second-order valence-corrected chi connectivity index (χ2v) is 6.33. The minimum atomic E-state index is -0.502. The predicted octanol–water partition coefficient (Wildman–Crippen LogP) is 2.43. The Balaban J connectivity index is 2.19. The van der Waals surface area contributed by atoms with Crippen LogP contribution in [0.3, 0.4) is 0 Å². The van der Waals surface area contributed by atoms with Crippen LogP contribution in [0, 0.1) is 29.0 Å². The van der Waals surface area contributed by atoms with E-state index in [1.165, 1.54) is 6.20 Å². The van der Waals surface area contributed by atoms with Gasteiger partial charge in [0, 0.05) is 24.4 Å². The van der Waals surface area contributed by atoms with Crippen LogP contribution in [0.4, 0.5) is 10.3 Å². The Morgan fingerprint density at radius 2 is 2.05 bits per heavy atom. The Morgan fingerprint density at radius 1 is 1.38 bits per heavy atom. The number of aromatic nitrogens is 2. The van der Waals surface area contributed by atoms with E-state index in [9.17, 15) is 9.18 Å². The van der Waals surface area contributed by atoms with Crippen LogP contribution in [0.25, 0.3) is 0 Å². The molecule has 112 valence electrons. The first-order chi connectivity index (χ1) is 9.89. The van der Waals surface area contributed by atoms with Crippen molar-refractivity contribution in [1.82, 2.24) is 9.97 Å². The number of carbonyl (C=O) groups is 1. The highest BCUT2D eigenvalue weighted by Gasteiger charge is 2.21. The van der Waals surface area contributed by atoms with Gasteiger partial charge in [-0.1, -0.05) is 5.92 Å². The third-order valence-corrected chi connectivity index (χ3v) is 3.30. The molecule has 4 nitrogen and oxygen atoms in total. The monoisotopic (exact) mass is 289 g/mol. The van der Waals surface area contributed by atoms with Gasteiger partial charge in [0.2, 0.25) is 5.95 Å². The van der Waals surface area contributed by atoms with Crippen LogP contribution in [-0.4, -0.2) is 29.3 Å². The molecule has 0 aromatic carbocycles. The largest absolute Gasteiger partial charge is 0.341 e. The Morgan fingerprint density at radius 3 is 2.62 bits per heavy atom. The normalized spacial score (nSPS) is 16.3. The molecular formula is C16H20FN3O. The van der Waals surface area contributed by atoms with Gasteiger partial charge in [-0.05, 0) is 39.5 Å². The minimum Gasteiger partial charge on any atom is -0.341 e. The molecule has 1 fully saturated rings. The average Bonchev–Trinajstić information content (AvgIpc) is 2.46. The van der Waals surface area contributed by atoms with E-state index in [2.05, 4.69) is 21.8 Å². The van der Waals surface area contributed by atoms with Crippen LogP contribution in [0.1, 0.15) is 39.3 Å². The van der Waals surface area contributed by atoms with Gasteiger partial charge in [-0.15, -0.1) is 0 Å². The zero-order chi connectivity index (χ0) is 15.5. The van der Waals surface area contributed by atoms with Crippen LogP contribution < -0.4 is 4.90 Å². The Hall–Kier alpha value is -1.96. The molecule has 21 heavy (non-hydrogen) atoms. The topological polar surface area (TPSA) is 46.1 Å². The van der Waals surface area contributed by atoms with Crippen molar-refractivity contribution in [2.45, 2.75) is 33.6 Å². The molecule has 0 unspecified atom stereocenters. The molecule has 1 aromatic rings. The molecule has 5 heteroatoms. The van der Waals surface area contributed by atoms with Crippen LogP contribution in [0.15, 0.2) is 6.20 Å². The maximum atomic E-state index is 13.7. The summed E-state index contributed by atoms with van der Waals surface area (Å²) in [5.74, 6) is 5.87. The Labute approximate surface area is 124 Å². The van der Waals surface area contributed by atoms with Crippen LogP contribution in [0.2, 0.25) is 0 Å². The zero-order valence-corrected chi connectivity index (χ0v) is 12.7. The SMILES string of the molecule is CC(C)(C)C#Cc1nc(N2CCC(C=O)CC2)ncc1F. The molecule has 1 aromatic heterocycles. The number of rotatable bonds is 2. The third kappa shape index (κ3) is 4.25. The second kappa shape index (κ2) is 6.21. The summed E-state index contributed by atoms with van der Waals surface area (Å²) in [7, 11) is 0. The summed E-state index contributed by atoms with van der Waals surface area (Å²) in [6.07, 6.45) is 3.74. The van der Waals surface area contributed by atoms with E-state index < -0.39 is 5.82 Å². The highest BCUT2D eigenvalue weighted by atomic mass is 19.1. The summed E-state index contributed by atoms with van der Waals surface area (Å²) in [6.45, 7) is 7.31. The minimum absolute atomic E-state index is 0.113. The predicted molar refractivity (Wildman–Crippen MR) is 79.3 cm³/mol. The van der Waals surface area contributed by atoms with E-state index in [4.69, 9.17) is 0 Å². The molecule has 1 aliphatic rings. The van der Waals surface area contributed by atoms with Crippen molar-refractivity contribution >= 4 is 12.2 Å². The smallest absolute Gasteiger partial charge is 0.226 e. The fourth-order valence-corrected chi connectivity index (χ4v) is 2.08. The van der Waals surface area contributed by atoms with E-state index >= 15 is 0 Å². The van der Waals surface area contributed by atoms with Crippen molar-refractivity contribution in [2.24, 2.45) is 11.3 Å². The Kier molecular flexibility index (Phi) is 4.56. The van der Waals surface area contributed by atoms with Crippen molar-refractivity contribution < 1.29 is 9.18 Å². The molecule has 0 atom stereocenters. The second-order valence-electron chi connectivity index (χ2n) is 6.33. The van der Waals surface area contributed by atoms with Gasteiger partial charge in [0.1, 0.15) is 6.29 Å². The van der Waals surface area contributed by atoms with Crippen LogP contribution >= 0.6 is 0 Å². The first-order valence-electron chi connectivity index (χ1n) is 7.15. The van der Waals surface area contributed by atoms with Crippen molar-refractivity contribution in [3.05, 3.63) is 17.7 Å². The highest BCUT2D eigenvalue weighted by Crippen LogP contribution is 2.20. The summed E-state index contributed by atoms with van der Waals surface area (Å²) in [6, 6.07) is 0. The fourth-order valence-electron chi connectivity index (χ4n) is 2.08. The lowest BCUT2D eigenvalue weighted by molar-refractivity contribution is -0.111. The number of hydrogen-bond donors (Lipinski definition) is 0. The van der Waals surface area contributed by atoms with Gasteiger partial charge in [-0.25, -0.2) is 14.4 Å². The first-order valence-corrected chi connectivity index (χ1v) is 7.15. The summed E-state index contributed by atoms with van der Waals surface area (Å²) in [5.41, 5.74) is -0.0766. The molecule has 0 saturated carbocycles. The van der Waals surface area contributed by atoms with Gasteiger partial charge in [0.15, 0.2) is 11.5 Å². The summed E-state index contributed by atoms with van der Waals surface area (Å²) in [5, 5.41) is 0. The summed E-state index contributed by atoms with van der Waals surface area (Å²) in [4.78, 5) is 21.0. The standard InChI is InChI=1S/C16H20FN3O/c1-16(2,3)7-4-14-13(17)10-18-15(19-14)20-8-5-12(11-21)6-9-20/h10-12H,5-6,8-9H2,1-3H3. The van der Waals surface area contributed by atoms with Crippen LogP contribution in [-0.2, 0) is 4.79 Å². The molecule has 1 aliphatic heterocycles. The molecule has 0 amide bonds. The van der Waals surface area contributed by atoms with Gasteiger partial charge in [0.25, 0.3) is 0 Å². The van der Waals surface area contributed by atoms with Gasteiger partial charge in [-0.3, -0.25) is 0 Å². The van der Waals surface area contributed by atoms with Gasteiger partial charge in [0.05, 0.1) is 6.20 Å². The lowest BCUT2D eigenvalue weighted by Crippen LogP contribution is -2.35. The lowest BCUT2D eigenvalue weighted by atomic mass is 9.98. The van der Waals surface area contributed by atoms with Crippen molar-refractivity contribution in [1.29, 1.82) is 0 Å². The van der Waals surface area contributed by atoms with E-state index in [0.717, 1.165) is 19.1 Å². The molecule has 0 spiro atoms. The van der Waals surface area contributed by atoms with E-state index in [1.54, 1.807) is 0 Å². The van der Waals surface area contributed by atoms with Crippen molar-refractivity contribution in [3.63, 3.8) is 0 Å². The molecule has 0 N–H and O–H groups in total. The van der Waals surface area contributed by atoms with Crippen molar-refractivity contribution in [2.75, 3.05) is 18.0 Å². The fraction of sp³-hybridized carbons (Fsp3) is 0.562. The van der Waals surface area contributed by atoms with E-state index in [-0.39, 0.29) is 17.0 Å². The quantitative estimate of drug-likeness (QED) is 0.619. The van der Waals surface area contributed by atoms with Crippen molar-refractivity contribution in [3.8, 4) is 11.8 Å². The lowest BCUT2D eigenvalue weighted by Gasteiger charge is -2.29. The average molecular weight is 289 g/mol. The Bertz CT molecular complexity index is 575. The maximum Gasteiger partial charge on any atom is 0.226 e. The molecule has 2 heterocycles. The number of piperidine rings is 1. The summed E-state index contributed by atoms with van der Waals surface area (Å²) >= 11 is 0. The molecule has 2 rings (SSSR count). The molecule has 0 radical (unpaired) electrons. The number of halogens is 1. The van der Waals surface area contributed by atoms with Gasteiger partial charge >= 0.3 is 0 Å². The summed E-state index contributed by atoms with van der Waals surface area (Å²) < 4.78 is 13.7. The van der Waals surface area contributed by atoms with E-state index in [0.29, 0.717) is 19.0 Å². The first kappa shape index (κ1) is 15.4. The van der Waals surface area contributed by atoms with Gasteiger partial charge in [-0.2, -0.15) is 0 Å². The maximum absolute atomic E-state index is 13.7. The van der Waals surface area contributed by atoms with E-state index in [1.807, 2.05) is 25.7 Å². The number of nitrogens with zero attached hydrogens (tertiary/aromatic N) is 3. The molecule has 1 saturated heterocycles. The number of aldehydes is 1. The third-order valence-electron chi connectivity index (χ3n) is 3.30. The zero-order valence-electron chi connectivity index (χ0n) is 12.7.